The Hall–Kier alpha value is -1.62. The van der Waals surface area contributed by atoms with Gasteiger partial charge in [0, 0.05) is 26.2 Å². The third kappa shape index (κ3) is 5.30. The standard InChI is InChI=1S/C17H25FN2O2/c1-2-3-4-9-19-10-12-20(13-11-19)17(21)22-14-15-5-7-16(18)8-6-15/h5-8H,2-4,9-14H2,1H3. The van der Waals surface area contributed by atoms with Crippen LogP contribution >= 0.6 is 0 Å². The number of amides is 1. The van der Waals surface area contributed by atoms with Crippen molar-refractivity contribution in [2.45, 2.75) is 32.8 Å². The van der Waals surface area contributed by atoms with Gasteiger partial charge in [-0.05, 0) is 30.7 Å². The minimum absolute atomic E-state index is 0.190. The fourth-order valence-electron chi connectivity index (χ4n) is 2.56. The zero-order valence-electron chi connectivity index (χ0n) is 13.3. The fourth-order valence-corrected chi connectivity index (χ4v) is 2.56. The summed E-state index contributed by atoms with van der Waals surface area (Å²) in [5, 5.41) is 0. The molecule has 1 amide bonds. The van der Waals surface area contributed by atoms with Gasteiger partial charge in [-0.2, -0.15) is 0 Å². The largest absolute Gasteiger partial charge is 0.445 e. The summed E-state index contributed by atoms with van der Waals surface area (Å²) >= 11 is 0. The van der Waals surface area contributed by atoms with Gasteiger partial charge in [-0.1, -0.05) is 31.9 Å². The molecular weight excluding hydrogens is 283 g/mol. The number of carbonyl (C=O) groups excluding carboxylic acids is 1. The van der Waals surface area contributed by atoms with Crippen LogP contribution in [-0.2, 0) is 11.3 Å². The number of unbranched alkanes of at least 4 members (excludes halogenated alkanes) is 2. The van der Waals surface area contributed by atoms with Gasteiger partial charge in [0.2, 0.25) is 0 Å². The molecule has 0 aliphatic carbocycles. The van der Waals surface area contributed by atoms with E-state index in [1.165, 1.54) is 31.4 Å². The number of halogens is 1. The molecule has 2 rings (SSSR count). The van der Waals surface area contributed by atoms with Gasteiger partial charge < -0.3 is 9.64 Å². The van der Waals surface area contributed by atoms with Crippen LogP contribution in [0, 0.1) is 5.82 Å². The lowest BCUT2D eigenvalue weighted by molar-refractivity contribution is 0.0713. The summed E-state index contributed by atoms with van der Waals surface area (Å²) < 4.78 is 18.1. The molecule has 1 heterocycles. The van der Waals surface area contributed by atoms with Gasteiger partial charge in [-0.3, -0.25) is 4.90 Å². The molecule has 0 atom stereocenters. The average Bonchev–Trinajstić information content (AvgIpc) is 2.55. The Morgan fingerprint density at radius 2 is 1.82 bits per heavy atom. The molecule has 1 fully saturated rings. The van der Waals surface area contributed by atoms with E-state index in [1.807, 2.05) is 0 Å². The van der Waals surface area contributed by atoms with Crippen LogP contribution in [0.1, 0.15) is 31.7 Å². The van der Waals surface area contributed by atoms with Crippen LogP contribution in [0.2, 0.25) is 0 Å². The molecule has 1 saturated heterocycles. The smallest absolute Gasteiger partial charge is 0.410 e. The van der Waals surface area contributed by atoms with Crippen LogP contribution in [0.4, 0.5) is 9.18 Å². The van der Waals surface area contributed by atoms with Crippen LogP contribution in [-0.4, -0.2) is 48.6 Å². The predicted molar refractivity (Wildman–Crippen MR) is 84.1 cm³/mol. The molecule has 0 bridgehead atoms. The molecule has 1 aromatic rings. The topological polar surface area (TPSA) is 32.8 Å². The van der Waals surface area contributed by atoms with E-state index in [4.69, 9.17) is 4.74 Å². The second-order valence-corrected chi connectivity index (χ2v) is 5.72. The number of nitrogens with zero attached hydrogens (tertiary/aromatic N) is 2. The molecule has 1 aromatic carbocycles. The first kappa shape index (κ1) is 16.7. The Labute approximate surface area is 131 Å². The number of benzene rings is 1. The average molecular weight is 308 g/mol. The molecule has 122 valence electrons. The summed E-state index contributed by atoms with van der Waals surface area (Å²) in [6, 6.07) is 6.01. The number of hydrogen-bond donors (Lipinski definition) is 0. The first-order chi connectivity index (χ1) is 10.7. The summed E-state index contributed by atoms with van der Waals surface area (Å²) in [7, 11) is 0. The lowest BCUT2D eigenvalue weighted by atomic mass is 10.2. The molecule has 22 heavy (non-hydrogen) atoms. The van der Waals surface area contributed by atoms with Crippen LogP contribution in [0.3, 0.4) is 0 Å². The number of carbonyl (C=O) groups is 1. The van der Waals surface area contributed by atoms with Crippen LogP contribution in [0.25, 0.3) is 0 Å². The molecule has 5 heteroatoms. The Morgan fingerprint density at radius 1 is 1.14 bits per heavy atom. The Balaban J connectivity index is 1.67. The van der Waals surface area contributed by atoms with E-state index in [-0.39, 0.29) is 18.5 Å². The van der Waals surface area contributed by atoms with Crippen molar-refractivity contribution in [2.24, 2.45) is 0 Å². The summed E-state index contributed by atoms with van der Waals surface area (Å²) in [5.74, 6) is -0.283. The van der Waals surface area contributed by atoms with Crippen LogP contribution in [0.5, 0.6) is 0 Å². The highest BCUT2D eigenvalue weighted by Gasteiger charge is 2.21. The highest BCUT2D eigenvalue weighted by molar-refractivity contribution is 5.67. The summed E-state index contributed by atoms with van der Waals surface area (Å²) in [4.78, 5) is 16.2. The SMILES string of the molecule is CCCCCN1CCN(C(=O)OCc2ccc(F)cc2)CC1. The van der Waals surface area contributed by atoms with E-state index in [0.717, 1.165) is 25.2 Å². The molecule has 1 aliphatic rings. The number of hydrogen-bond acceptors (Lipinski definition) is 3. The zero-order chi connectivity index (χ0) is 15.8. The monoisotopic (exact) mass is 308 g/mol. The third-order valence-electron chi connectivity index (χ3n) is 3.98. The quantitative estimate of drug-likeness (QED) is 0.756. The van der Waals surface area contributed by atoms with E-state index in [0.29, 0.717) is 13.1 Å². The van der Waals surface area contributed by atoms with E-state index in [2.05, 4.69) is 11.8 Å². The summed E-state index contributed by atoms with van der Waals surface area (Å²) in [5.41, 5.74) is 0.799. The molecule has 0 N–H and O–H groups in total. The van der Waals surface area contributed by atoms with E-state index >= 15 is 0 Å². The molecule has 0 spiro atoms. The third-order valence-corrected chi connectivity index (χ3v) is 3.98. The minimum Gasteiger partial charge on any atom is -0.445 e. The second-order valence-electron chi connectivity index (χ2n) is 5.72. The van der Waals surface area contributed by atoms with Gasteiger partial charge >= 0.3 is 6.09 Å². The van der Waals surface area contributed by atoms with Gasteiger partial charge in [0.1, 0.15) is 12.4 Å². The molecule has 4 nitrogen and oxygen atoms in total. The number of ether oxygens (including phenoxy) is 1. The van der Waals surface area contributed by atoms with E-state index < -0.39 is 0 Å². The first-order valence-corrected chi connectivity index (χ1v) is 8.07. The predicted octanol–water partition coefficient (Wildman–Crippen LogP) is 3.27. The Morgan fingerprint density at radius 3 is 2.45 bits per heavy atom. The summed E-state index contributed by atoms with van der Waals surface area (Å²) in [6.45, 7) is 6.77. The fraction of sp³-hybridized carbons (Fsp3) is 0.588. The molecule has 0 radical (unpaired) electrons. The molecular formula is C17H25FN2O2. The van der Waals surface area contributed by atoms with Crippen molar-refractivity contribution in [3.63, 3.8) is 0 Å². The molecule has 1 aliphatic heterocycles. The first-order valence-electron chi connectivity index (χ1n) is 8.07. The summed E-state index contributed by atoms with van der Waals surface area (Å²) in [6.07, 6.45) is 3.44. The van der Waals surface area contributed by atoms with Crippen molar-refractivity contribution in [3.05, 3.63) is 35.6 Å². The second kappa shape index (κ2) is 8.73. The maximum atomic E-state index is 12.8. The van der Waals surface area contributed by atoms with Crippen molar-refractivity contribution >= 4 is 6.09 Å². The molecule has 0 aromatic heterocycles. The Kier molecular flexibility index (Phi) is 6.65. The number of piperazine rings is 1. The van der Waals surface area contributed by atoms with Crippen LogP contribution in [0.15, 0.2) is 24.3 Å². The lowest BCUT2D eigenvalue weighted by Gasteiger charge is -2.34. The van der Waals surface area contributed by atoms with Crippen molar-refractivity contribution in [3.8, 4) is 0 Å². The zero-order valence-corrected chi connectivity index (χ0v) is 13.3. The highest BCUT2D eigenvalue weighted by Crippen LogP contribution is 2.09. The van der Waals surface area contributed by atoms with Gasteiger partial charge in [-0.25, -0.2) is 9.18 Å². The molecule has 0 saturated carbocycles. The maximum absolute atomic E-state index is 12.8. The molecule has 0 unspecified atom stereocenters. The van der Waals surface area contributed by atoms with E-state index in [9.17, 15) is 9.18 Å². The van der Waals surface area contributed by atoms with E-state index in [1.54, 1.807) is 17.0 Å². The van der Waals surface area contributed by atoms with Crippen molar-refractivity contribution in [1.29, 1.82) is 0 Å². The Bertz CT molecular complexity index is 456. The van der Waals surface area contributed by atoms with Gasteiger partial charge in [0.15, 0.2) is 0 Å². The lowest BCUT2D eigenvalue weighted by Crippen LogP contribution is -2.48. The van der Waals surface area contributed by atoms with Gasteiger partial charge in [0.25, 0.3) is 0 Å². The van der Waals surface area contributed by atoms with Crippen molar-refractivity contribution in [1.82, 2.24) is 9.80 Å². The van der Waals surface area contributed by atoms with Crippen LogP contribution < -0.4 is 0 Å². The maximum Gasteiger partial charge on any atom is 0.410 e. The van der Waals surface area contributed by atoms with Crippen molar-refractivity contribution < 1.29 is 13.9 Å². The minimum atomic E-state index is -0.283. The van der Waals surface area contributed by atoms with Crippen molar-refractivity contribution in [2.75, 3.05) is 32.7 Å². The van der Waals surface area contributed by atoms with Gasteiger partial charge in [0.05, 0.1) is 0 Å². The normalized spacial score (nSPS) is 15.8. The number of rotatable bonds is 6. The highest BCUT2D eigenvalue weighted by atomic mass is 19.1. The van der Waals surface area contributed by atoms with Gasteiger partial charge in [-0.15, -0.1) is 0 Å².